The summed E-state index contributed by atoms with van der Waals surface area (Å²) >= 11 is 0. The molecule has 0 spiro atoms. The Morgan fingerprint density at radius 1 is 1.22 bits per heavy atom. The van der Waals surface area contributed by atoms with Crippen LogP contribution in [0.4, 0.5) is 4.39 Å². The number of carbonyl (C=O) groups is 1. The average molecular weight is 370 g/mol. The molecule has 0 aliphatic carbocycles. The highest BCUT2D eigenvalue weighted by Gasteiger charge is 2.16. The van der Waals surface area contributed by atoms with Crippen LogP contribution in [0.1, 0.15) is 33.9 Å². The molecule has 0 fully saturated rings. The van der Waals surface area contributed by atoms with Crippen molar-refractivity contribution in [2.75, 3.05) is 13.6 Å². The van der Waals surface area contributed by atoms with Crippen LogP contribution >= 0.6 is 0 Å². The minimum Gasteiger partial charge on any atom is -0.340 e. The third-order valence-corrected chi connectivity index (χ3v) is 4.33. The molecule has 1 aromatic carbocycles. The van der Waals surface area contributed by atoms with Crippen molar-refractivity contribution < 1.29 is 9.18 Å². The van der Waals surface area contributed by atoms with Gasteiger partial charge in [0, 0.05) is 25.8 Å². The van der Waals surface area contributed by atoms with Crippen LogP contribution in [0, 0.1) is 19.7 Å². The average Bonchev–Trinajstić information content (AvgIpc) is 3.22. The van der Waals surface area contributed by atoms with Crippen LogP contribution in [0.25, 0.3) is 0 Å². The lowest BCUT2D eigenvalue weighted by Gasteiger charge is -2.15. The molecule has 0 aliphatic rings. The van der Waals surface area contributed by atoms with E-state index in [1.807, 2.05) is 24.6 Å². The third kappa shape index (κ3) is 4.78. The molecule has 0 aliphatic heterocycles. The second kappa shape index (κ2) is 8.11. The van der Waals surface area contributed by atoms with Crippen LogP contribution in [0.2, 0.25) is 0 Å². The zero-order chi connectivity index (χ0) is 19.4. The van der Waals surface area contributed by atoms with E-state index >= 15 is 0 Å². The summed E-state index contributed by atoms with van der Waals surface area (Å²) in [5, 5.41) is 12.4. The molecule has 0 radical (unpaired) electrons. The maximum atomic E-state index is 13.0. The van der Waals surface area contributed by atoms with E-state index in [1.54, 1.807) is 35.0 Å². The van der Waals surface area contributed by atoms with Crippen molar-refractivity contribution >= 4 is 5.91 Å². The monoisotopic (exact) mass is 370 g/mol. The molecule has 1 amide bonds. The Hall–Kier alpha value is -3.03. The molecule has 0 N–H and O–H groups in total. The normalized spacial score (nSPS) is 11.0. The molecule has 2 heterocycles. The highest BCUT2D eigenvalue weighted by molar-refractivity contribution is 5.91. The molecule has 7 nitrogen and oxygen atoms in total. The first-order valence-corrected chi connectivity index (χ1v) is 8.83. The largest absolute Gasteiger partial charge is 0.340 e. The molecule has 0 saturated heterocycles. The van der Waals surface area contributed by atoms with Crippen molar-refractivity contribution in [2.45, 2.75) is 33.4 Å². The number of nitrogens with zero attached hydrogens (tertiary/aromatic N) is 6. The van der Waals surface area contributed by atoms with Crippen LogP contribution in [-0.4, -0.2) is 49.2 Å². The predicted octanol–water partition coefficient (Wildman–Crippen LogP) is 2.44. The van der Waals surface area contributed by atoms with Gasteiger partial charge in [0.25, 0.3) is 5.91 Å². The summed E-state index contributed by atoms with van der Waals surface area (Å²) in [7, 11) is 1.75. The molecule has 3 aromatic rings. The number of aryl methyl sites for hydroxylation is 3. The van der Waals surface area contributed by atoms with E-state index in [0.717, 1.165) is 29.9 Å². The van der Waals surface area contributed by atoms with E-state index in [2.05, 4.69) is 15.4 Å². The lowest BCUT2D eigenvalue weighted by atomic mass is 10.2. The van der Waals surface area contributed by atoms with Crippen LogP contribution in [0.5, 0.6) is 0 Å². The SMILES string of the molecule is Cc1cc(C)n(CCCN(C)C(=O)c2cn(Cc3ccc(F)cc3)nn2)n1. The first-order valence-electron chi connectivity index (χ1n) is 8.83. The molecule has 0 bridgehead atoms. The summed E-state index contributed by atoms with van der Waals surface area (Å²) < 4.78 is 16.5. The Kier molecular flexibility index (Phi) is 5.63. The summed E-state index contributed by atoms with van der Waals surface area (Å²) in [6, 6.07) is 8.20. The summed E-state index contributed by atoms with van der Waals surface area (Å²) in [5.74, 6) is -0.455. The molecule has 0 unspecified atom stereocenters. The van der Waals surface area contributed by atoms with Gasteiger partial charge in [-0.1, -0.05) is 17.3 Å². The Bertz CT molecular complexity index is 915. The fraction of sp³-hybridized carbons (Fsp3) is 0.368. The first-order chi connectivity index (χ1) is 12.9. The van der Waals surface area contributed by atoms with Gasteiger partial charge in [-0.15, -0.1) is 5.10 Å². The molecule has 0 saturated carbocycles. The standard InChI is InChI=1S/C19H23FN6O/c1-14-11-15(2)26(22-14)10-4-9-24(3)19(27)18-13-25(23-21-18)12-16-5-7-17(20)8-6-16/h5-8,11,13H,4,9-10,12H2,1-3H3. The number of hydrogen-bond acceptors (Lipinski definition) is 4. The molecule has 142 valence electrons. The van der Waals surface area contributed by atoms with Crippen molar-refractivity contribution in [3.63, 3.8) is 0 Å². The highest BCUT2D eigenvalue weighted by Crippen LogP contribution is 2.07. The van der Waals surface area contributed by atoms with Crippen molar-refractivity contribution in [1.29, 1.82) is 0 Å². The number of carbonyl (C=O) groups excluding carboxylic acids is 1. The summed E-state index contributed by atoms with van der Waals surface area (Å²) in [6.07, 6.45) is 2.41. The Morgan fingerprint density at radius 3 is 2.63 bits per heavy atom. The number of benzene rings is 1. The summed E-state index contributed by atoms with van der Waals surface area (Å²) in [5.41, 5.74) is 3.30. The van der Waals surface area contributed by atoms with E-state index in [9.17, 15) is 9.18 Å². The second-order valence-electron chi connectivity index (χ2n) is 6.66. The zero-order valence-electron chi connectivity index (χ0n) is 15.8. The van der Waals surface area contributed by atoms with Crippen molar-refractivity contribution in [3.05, 3.63) is 65.0 Å². The van der Waals surface area contributed by atoms with Gasteiger partial charge in [-0.25, -0.2) is 9.07 Å². The van der Waals surface area contributed by atoms with Crippen molar-refractivity contribution in [1.82, 2.24) is 29.7 Å². The van der Waals surface area contributed by atoms with Gasteiger partial charge in [0.15, 0.2) is 5.69 Å². The van der Waals surface area contributed by atoms with E-state index < -0.39 is 0 Å². The smallest absolute Gasteiger partial charge is 0.275 e. The fourth-order valence-corrected chi connectivity index (χ4v) is 2.91. The molecular weight excluding hydrogens is 347 g/mol. The van der Waals surface area contributed by atoms with Crippen molar-refractivity contribution in [2.24, 2.45) is 0 Å². The lowest BCUT2D eigenvalue weighted by Crippen LogP contribution is -2.28. The van der Waals surface area contributed by atoms with Gasteiger partial charge in [-0.2, -0.15) is 5.10 Å². The topological polar surface area (TPSA) is 68.8 Å². The quantitative estimate of drug-likeness (QED) is 0.641. The third-order valence-electron chi connectivity index (χ3n) is 4.33. The minimum atomic E-state index is -0.282. The number of halogens is 1. The van der Waals surface area contributed by atoms with Gasteiger partial charge in [0.2, 0.25) is 0 Å². The van der Waals surface area contributed by atoms with Gasteiger partial charge in [0.1, 0.15) is 5.82 Å². The molecule has 3 rings (SSSR count). The van der Waals surface area contributed by atoms with Gasteiger partial charge in [-0.3, -0.25) is 9.48 Å². The van der Waals surface area contributed by atoms with Gasteiger partial charge in [0.05, 0.1) is 18.4 Å². The Labute approximate surface area is 157 Å². The molecule has 2 aromatic heterocycles. The Balaban J connectivity index is 1.53. The highest BCUT2D eigenvalue weighted by atomic mass is 19.1. The van der Waals surface area contributed by atoms with Crippen LogP contribution in [0.15, 0.2) is 36.5 Å². The zero-order valence-corrected chi connectivity index (χ0v) is 15.8. The molecule has 0 atom stereocenters. The van der Waals surface area contributed by atoms with Crippen LogP contribution in [-0.2, 0) is 13.1 Å². The van der Waals surface area contributed by atoms with Crippen LogP contribution in [0.3, 0.4) is 0 Å². The van der Waals surface area contributed by atoms with Gasteiger partial charge >= 0.3 is 0 Å². The summed E-state index contributed by atoms with van der Waals surface area (Å²) in [6.45, 7) is 5.78. The maximum absolute atomic E-state index is 13.0. The van der Waals surface area contributed by atoms with E-state index in [0.29, 0.717) is 18.8 Å². The maximum Gasteiger partial charge on any atom is 0.275 e. The number of hydrogen-bond donors (Lipinski definition) is 0. The molecule has 8 heteroatoms. The van der Waals surface area contributed by atoms with E-state index in [1.165, 1.54) is 12.1 Å². The predicted molar refractivity (Wildman–Crippen MR) is 98.8 cm³/mol. The second-order valence-corrected chi connectivity index (χ2v) is 6.66. The summed E-state index contributed by atoms with van der Waals surface area (Å²) in [4.78, 5) is 14.1. The molecular formula is C19H23FN6O. The number of rotatable bonds is 7. The van der Waals surface area contributed by atoms with Crippen molar-refractivity contribution in [3.8, 4) is 0 Å². The lowest BCUT2D eigenvalue weighted by molar-refractivity contribution is 0.0785. The van der Waals surface area contributed by atoms with Crippen LogP contribution < -0.4 is 0 Å². The first kappa shape index (κ1) is 18.8. The Morgan fingerprint density at radius 2 is 1.96 bits per heavy atom. The van der Waals surface area contributed by atoms with Gasteiger partial charge in [-0.05, 0) is 44.0 Å². The van der Waals surface area contributed by atoms with Gasteiger partial charge < -0.3 is 4.90 Å². The molecule has 27 heavy (non-hydrogen) atoms. The fourth-order valence-electron chi connectivity index (χ4n) is 2.91. The van der Waals surface area contributed by atoms with E-state index in [-0.39, 0.29) is 11.7 Å². The minimum absolute atomic E-state index is 0.172. The number of aromatic nitrogens is 5. The van der Waals surface area contributed by atoms with E-state index in [4.69, 9.17) is 0 Å². The number of amides is 1.